The number of hydrogen-bond acceptors (Lipinski definition) is 12. The third-order valence-corrected chi connectivity index (χ3v) is 8.83. The Balaban J connectivity index is 1.58. The maximum atomic E-state index is 11.4. The Morgan fingerprint density at radius 1 is 0.730 bits per heavy atom. The molecule has 1 atom stereocenters. The summed E-state index contributed by atoms with van der Waals surface area (Å²) in [5.74, 6) is -1.98. The molecule has 0 amide bonds. The average molecular weight is 571 g/mol. The molecule has 0 aliphatic rings. The van der Waals surface area contributed by atoms with Crippen LogP contribution in [0.3, 0.4) is 0 Å². The molecule has 5 aromatic heterocycles. The van der Waals surface area contributed by atoms with Gasteiger partial charge in [-0.05, 0) is 18.1 Å². The van der Waals surface area contributed by atoms with Crippen molar-refractivity contribution in [1.82, 2.24) is 24.9 Å². The molecule has 5 heterocycles. The maximum Gasteiger partial charge on any atom is 0.355 e. The maximum absolute atomic E-state index is 11.4. The molecule has 0 radical (unpaired) electrons. The molecule has 188 valence electrons. The number of carboxylic acid groups (broad SMARTS) is 2. The molecule has 0 aromatic carbocycles. The molecule has 10 nitrogen and oxygen atoms in total. The van der Waals surface area contributed by atoms with Gasteiger partial charge in [0.15, 0.2) is 11.4 Å². The first-order chi connectivity index (χ1) is 17.7. The summed E-state index contributed by atoms with van der Waals surface area (Å²) in [4.78, 5) is 45.3. The van der Waals surface area contributed by atoms with Crippen LogP contribution in [0.1, 0.15) is 45.9 Å². The van der Waals surface area contributed by atoms with E-state index in [0.29, 0.717) is 37.7 Å². The van der Waals surface area contributed by atoms with Crippen molar-refractivity contribution in [3.05, 3.63) is 50.0 Å². The molecule has 1 unspecified atom stereocenters. The second-order valence-electron chi connectivity index (χ2n) is 8.16. The molecule has 37 heavy (non-hydrogen) atoms. The number of pyridine rings is 1. The lowest BCUT2D eigenvalue weighted by molar-refractivity contribution is 0.0681. The highest BCUT2D eigenvalue weighted by molar-refractivity contribution is 7.14. The number of carbonyl (C=O) groups is 2. The Kier molecular flexibility index (Phi) is 6.92. The van der Waals surface area contributed by atoms with E-state index in [0.717, 1.165) is 10.7 Å². The molecule has 0 aliphatic carbocycles. The fourth-order valence-electron chi connectivity index (χ4n) is 3.26. The predicted molar refractivity (Wildman–Crippen MR) is 144 cm³/mol. The molecule has 14 heteroatoms. The van der Waals surface area contributed by atoms with Crippen LogP contribution in [0, 0.1) is 5.92 Å². The highest BCUT2D eigenvalue weighted by atomic mass is 32.1. The van der Waals surface area contributed by atoms with Gasteiger partial charge in [0.05, 0.1) is 11.7 Å². The van der Waals surface area contributed by atoms with E-state index in [1.165, 1.54) is 56.1 Å². The van der Waals surface area contributed by atoms with Crippen LogP contribution in [0.5, 0.6) is 0 Å². The van der Waals surface area contributed by atoms with Crippen molar-refractivity contribution in [2.24, 2.45) is 11.7 Å². The summed E-state index contributed by atoms with van der Waals surface area (Å²) >= 11 is 5.26. The molecular formula is C23H18N6O4S4. The number of nitrogens with zero attached hydrogens (tertiary/aromatic N) is 5. The molecule has 0 saturated carbocycles. The molecule has 4 N–H and O–H groups in total. The second-order valence-corrected chi connectivity index (χ2v) is 11.6. The molecule has 0 bridgehead atoms. The summed E-state index contributed by atoms with van der Waals surface area (Å²) in [6.45, 7) is 4.09. The lowest BCUT2D eigenvalue weighted by Crippen LogP contribution is -2.16. The predicted octanol–water partition coefficient (Wildman–Crippen LogP) is 5.63. The molecule has 0 spiro atoms. The number of nitrogens with two attached hydrogens (primary N) is 1. The topological polar surface area (TPSA) is 165 Å². The van der Waals surface area contributed by atoms with Gasteiger partial charge in [-0.2, -0.15) is 0 Å². The molecule has 5 rings (SSSR count). The van der Waals surface area contributed by atoms with E-state index < -0.39 is 11.9 Å². The first-order valence-electron chi connectivity index (χ1n) is 10.8. The van der Waals surface area contributed by atoms with Crippen LogP contribution in [0.25, 0.3) is 43.4 Å². The van der Waals surface area contributed by atoms with Crippen molar-refractivity contribution in [2.45, 2.75) is 19.9 Å². The number of aromatic nitrogens is 5. The minimum Gasteiger partial charge on any atom is -0.476 e. The van der Waals surface area contributed by atoms with Crippen molar-refractivity contribution in [2.75, 3.05) is 0 Å². The monoisotopic (exact) mass is 570 g/mol. The van der Waals surface area contributed by atoms with Crippen molar-refractivity contribution >= 4 is 57.3 Å². The highest BCUT2D eigenvalue weighted by Gasteiger charge is 2.21. The second kappa shape index (κ2) is 10.1. The number of thiazole rings is 4. The Bertz CT molecular complexity index is 1620. The molecule has 0 fully saturated rings. The van der Waals surface area contributed by atoms with Gasteiger partial charge in [0.2, 0.25) is 0 Å². The summed E-state index contributed by atoms with van der Waals surface area (Å²) in [6.07, 6.45) is 0. The summed E-state index contributed by atoms with van der Waals surface area (Å²) in [7, 11) is 0. The Labute approximate surface area is 226 Å². The Morgan fingerprint density at radius 2 is 1.32 bits per heavy atom. The molecule has 0 aliphatic heterocycles. The van der Waals surface area contributed by atoms with Gasteiger partial charge in [0, 0.05) is 27.1 Å². The van der Waals surface area contributed by atoms with Crippen LogP contribution >= 0.6 is 45.3 Å². The van der Waals surface area contributed by atoms with E-state index >= 15 is 0 Å². The molecular weight excluding hydrogens is 553 g/mol. The lowest BCUT2D eigenvalue weighted by atomic mass is 10.1. The fraction of sp³-hybridized carbons (Fsp3) is 0.174. The van der Waals surface area contributed by atoms with E-state index in [4.69, 9.17) is 15.7 Å². The summed E-state index contributed by atoms with van der Waals surface area (Å²) in [5.41, 5.74) is 8.97. The number of rotatable bonds is 8. The van der Waals surface area contributed by atoms with E-state index in [9.17, 15) is 19.8 Å². The SMILES string of the molecule is CC(C)C(N)c1nc(-c2nc(-c3nc(-c4nc(C(=O)O)cs4)ccc3-c3nc(C(=O)O)cs3)cs2)cs1. The van der Waals surface area contributed by atoms with Gasteiger partial charge < -0.3 is 15.9 Å². The van der Waals surface area contributed by atoms with Crippen LogP contribution in [-0.2, 0) is 0 Å². The van der Waals surface area contributed by atoms with Gasteiger partial charge in [-0.3, -0.25) is 0 Å². The van der Waals surface area contributed by atoms with E-state index in [1.807, 2.05) is 24.6 Å². The fourth-order valence-corrected chi connectivity index (χ4v) is 6.65. The van der Waals surface area contributed by atoms with Gasteiger partial charge in [-0.1, -0.05) is 13.8 Å². The normalized spacial score (nSPS) is 12.2. The van der Waals surface area contributed by atoms with E-state index in [2.05, 4.69) is 15.0 Å². The van der Waals surface area contributed by atoms with Gasteiger partial charge in [-0.15, -0.1) is 45.3 Å². The standard InChI is InChI=1S/C23H18N6O4S4/c1-9(2)16(24)21-27-13(6-37-21)20-26-12(5-35-20)17-10(18-28-14(7-34-18)22(30)31)3-4-11(25-17)19-29-15(8-36-19)23(32)33/h3-9,16H,24H2,1-2H3,(H,30,31)(H,32,33). The smallest absolute Gasteiger partial charge is 0.355 e. The highest BCUT2D eigenvalue weighted by Crippen LogP contribution is 2.38. The average Bonchev–Trinajstić information content (AvgIpc) is 3.69. The minimum atomic E-state index is -1.12. The Hall–Kier alpha value is -3.43. The number of hydrogen-bond donors (Lipinski definition) is 3. The summed E-state index contributed by atoms with van der Waals surface area (Å²) < 4.78 is 0. The van der Waals surface area contributed by atoms with E-state index in [-0.39, 0.29) is 23.3 Å². The van der Waals surface area contributed by atoms with Crippen LogP contribution in [-0.4, -0.2) is 47.1 Å². The van der Waals surface area contributed by atoms with E-state index in [1.54, 1.807) is 12.1 Å². The third-order valence-electron chi connectivity index (χ3n) is 5.28. The van der Waals surface area contributed by atoms with Gasteiger partial charge in [0.1, 0.15) is 37.1 Å². The van der Waals surface area contributed by atoms with Crippen molar-refractivity contribution in [3.8, 4) is 43.4 Å². The van der Waals surface area contributed by atoms with Crippen LogP contribution in [0.4, 0.5) is 0 Å². The van der Waals surface area contributed by atoms with Crippen LogP contribution < -0.4 is 5.73 Å². The van der Waals surface area contributed by atoms with Gasteiger partial charge in [0.25, 0.3) is 0 Å². The lowest BCUT2D eigenvalue weighted by Gasteiger charge is -2.11. The first kappa shape index (κ1) is 25.2. The quantitative estimate of drug-likeness (QED) is 0.213. The first-order valence-corrected chi connectivity index (χ1v) is 14.3. The third kappa shape index (κ3) is 5.06. The number of aromatic carboxylic acids is 2. The minimum absolute atomic E-state index is 0.0588. The molecule has 0 saturated heterocycles. The van der Waals surface area contributed by atoms with Gasteiger partial charge in [-0.25, -0.2) is 34.5 Å². The zero-order valence-electron chi connectivity index (χ0n) is 19.3. The number of carboxylic acids is 2. The molecule has 5 aromatic rings. The zero-order chi connectivity index (χ0) is 26.3. The van der Waals surface area contributed by atoms with Crippen molar-refractivity contribution in [3.63, 3.8) is 0 Å². The summed E-state index contributed by atoms with van der Waals surface area (Å²) in [5, 5.41) is 27.7. The van der Waals surface area contributed by atoms with Crippen molar-refractivity contribution in [1.29, 1.82) is 0 Å². The largest absolute Gasteiger partial charge is 0.476 e. The van der Waals surface area contributed by atoms with Gasteiger partial charge >= 0.3 is 11.9 Å². The van der Waals surface area contributed by atoms with Crippen molar-refractivity contribution < 1.29 is 19.8 Å². The van der Waals surface area contributed by atoms with Crippen LogP contribution in [0.2, 0.25) is 0 Å². The zero-order valence-corrected chi connectivity index (χ0v) is 22.5. The Morgan fingerprint density at radius 3 is 1.97 bits per heavy atom. The summed E-state index contributed by atoms with van der Waals surface area (Å²) in [6, 6.07) is 3.31. The van der Waals surface area contributed by atoms with Crippen LogP contribution in [0.15, 0.2) is 33.7 Å².